The van der Waals surface area contributed by atoms with E-state index in [1.807, 2.05) is 12.1 Å². The first kappa shape index (κ1) is 14.6. The lowest BCUT2D eigenvalue weighted by atomic mass is 9.85. The molecule has 1 aromatic carbocycles. The van der Waals surface area contributed by atoms with Crippen LogP contribution >= 0.6 is 0 Å². The highest BCUT2D eigenvalue weighted by Gasteiger charge is 2.19. The largest absolute Gasteiger partial charge is 0.496 e. The molecule has 0 aliphatic heterocycles. The number of hydrogen-bond acceptors (Lipinski definition) is 4. The van der Waals surface area contributed by atoms with Gasteiger partial charge < -0.3 is 20.3 Å². The second-order valence-corrected chi connectivity index (χ2v) is 4.50. The molecule has 3 N–H and O–H groups in total. The van der Waals surface area contributed by atoms with E-state index in [1.165, 1.54) is 0 Å². The van der Waals surface area contributed by atoms with Gasteiger partial charge in [-0.05, 0) is 18.6 Å². The van der Waals surface area contributed by atoms with Gasteiger partial charge in [-0.3, -0.25) is 0 Å². The standard InChI is InChI=1S/C13H20BNO3/c1-4-5-9-6-12(18-3)10(7-11(9)17-2)8-13(14,15)16/h4,6-7,16H,1,5,8,14-15H2,2-3H3. The van der Waals surface area contributed by atoms with Crippen molar-refractivity contribution in [3.8, 4) is 11.5 Å². The van der Waals surface area contributed by atoms with Crippen LogP contribution in [0.1, 0.15) is 11.1 Å². The molecule has 98 valence electrons. The Bertz CT molecular complexity index is 427. The fraction of sp³-hybridized carbons (Fsp3) is 0.385. The summed E-state index contributed by atoms with van der Waals surface area (Å²) in [4.78, 5) is 0. The lowest BCUT2D eigenvalue weighted by Gasteiger charge is -2.20. The topological polar surface area (TPSA) is 64.7 Å². The van der Waals surface area contributed by atoms with Gasteiger partial charge in [0, 0.05) is 17.5 Å². The molecule has 0 aromatic heterocycles. The van der Waals surface area contributed by atoms with Gasteiger partial charge in [-0.1, -0.05) is 6.08 Å². The molecule has 4 nitrogen and oxygen atoms in total. The zero-order valence-corrected chi connectivity index (χ0v) is 11.2. The van der Waals surface area contributed by atoms with Gasteiger partial charge in [0.2, 0.25) is 0 Å². The number of ether oxygens (including phenoxy) is 2. The zero-order valence-electron chi connectivity index (χ0n) is 11.2. The molecule has 0 saturated heterocycles. The maximum absolute atomic E-state index is 9.69. The van der Waals surface area contributed by atoms with Crippen molar-refractivity contribution in [3.63, 3.8) is 0 Å². The molecule has 5 heteroatoms. The van der Waals surface area contributed by atoms with E-state index in [-0.39, 0.29) is 0 Å². The number of nitrogens with two attached hydrogens (primary N) is 1. The molecule has 0 fully saturated rings. The summed E-state index contributed by atoms with van der Waals surface area (Å²) >= 11 is 0. The van der Waals surface area contributed by atoms with Crippen LogP contribution in [0, 0.1) is 0 Å². The number of rotatable bonds is 6. The SMILES string of the molecule is BC(N)(O)Cc1cc(OC)c(CC=C)cc1OC. The van der Waals surface area contributed by atoms with Crippen LogP contribution in [0.25, 0.3) is 0 Å². The van der Waals surface area contributed by atoms with Crippen molar-refractivity contribution in [2.75, 3.05) is 14.2 Å². The van der Waals surface area contributed by atoms with Gasteiger partial charge in [-0.2, -0.15) is 0 Å². The summed E-state index contributed by atoms with van der Waals surface area (Å²) in [7, 11) is 4.75. The fourth-order valence-corrected chi connectivity index (χ4v) is 1.86. The minimum absolute atomic E-state index is 0.293. The Kier molecular flexibility index (Phi) is 4.81. The van der Waals surface area contributed by atoms with Gasteiger partial charge in [-0.25, -0.2) is 0 Å². The number of hydrogen-bond donors (Lipinski definition) is 2. The molecule has 0 amide bonds. The first-order valence-electron chi connectivity index (χ1n) is 5.77. The van der Waals surface area contributed by atoms with E-state index in [9.17, 15) is 5.11 Å². The van der Waals surface area contributed by atoms with Crippen LogP contribution in [0.3, 0.4) is 0 Å². The average molecular weight is 249 g/mol. The maximum atomic E-state index is 9.69. The van der Waals surface area contributed by atoms with Crippen molar-refractivity contribution in [1.82, 2.24) is 0 Å². The van der Waals surface area contributed by atoms with Crippen LogP contribution in [-0.4, -0.2) is 32.8 Å². The lowest BCUT2D eigenvalue weighted by Crippen LogP contribution is -2.42. The number of aliphatic hydroxyl groups is 1. The highest BCUT2D eigenvalue weighted by molar-refractivity contribution is 6.13. The Morgan fingerprint density at radius 1 is 1.33 bits per heavy atom. The number of benzene rings is 1. The Hall–Kier alpha value is -1.46. The highest BCUT2D eigenvalue weighted by atomic mass is 16.5. The molecule has 0 bridgehead atoms. The van der Waals surface area contributed by atoms with Gasteiger partial charge in [0.1, 0.15) is 11.5 Å². The second kappa shape index (κ2) is 5.93. The van der Waals surface area contributed by atoms with Crippen molar-refractivity contribution in [2.24, 2.45) is 5.73 Å². The molecule has 18 heavy (non-hydrogen) atoms. The molecule has 1 atom stereocenters. The van der Waals surface area contributed by atoms with Gasteiger partial charge in [0.25, 0.3) is 0 Å². The molecular formula is C13H20BNO3. The molecular weight excluding hydrogens is 229 g/mol. The van der Waals surface area contributed by atoms with Crippen LogP contribution in [-0.2, 0) is 12.8 Å². The minimum Gasteiger partial charge on any atom is -0.496 e. The monoisotopic (exact) mass is 249 g/mol. The third-order valence-electron chi connectivity index (χ3n) is 2.60. The van der Waals surface area contributed by atoms with Crippen LogP contribution in [0.5, 0.6) is 11.5 Å². The molecule has 0 saturated carbocycles. The van der Waals surface area contributed by atoms with Crippen LogP contribution in [0.4, 0.5) is 0 Å². The second-order valence-electron chi connectivity index (χ2n) is 4.50. The van der Waals surface area contributed by atoms with Gasteiger partial charge in [0.15, 0.2) is 7.85 Å². The first-order valence-corrected chi connectivity index (χ1v) is 5.77. The zero-order chi connectivity index (χ0) is 13.8. The summed E-state index contributed by atoms with van der Waals surface area (Å²) in [6.45, 7) is 3.71. The first-order chi connectivity index (χ1) is 8.41. The van der Waals surface area contributed by atoms with Crippen molar-refractivity contribution in [1.29, 1.82) is 0 Å². The van der Waals surface area contributed by atoms with Gasteiger partial charge >= 0.3 is 0 Å². The number of methoxy groups -OCH3 is 2. The van der Waals surface area contributed by atoms with Crippen LogP contribution in [0.2, 0.25) is 0 Å². The normalized spacial score (nSPS) is 13.8. The molecule has 0 aliphatic rings. The Morgan fingerprint density at radius 2 is 1.83 bits per heavy atom. The summed E-state index contributed by atoms with van der Waals surface area (Å²) in [5.74, 6) is 1.44. The highest BCUT2D eigenvalue weighted by Crippen LogP contribution is 2.30. The Balaban J connectivity index is 3.21. The van der Waals surface area contributed by atoms with Crippen LogP contribution < -0.4 is 15.2 Å². The van der Waals surface area contributed by atoms with Crippen molar-refractivity contribution in [2.45, 2.75) is 18.5 Å². The van der Waals surface area contributed by atoms with Crippen LogP contribution in [0.15, 0.2) is 24.8 Å². The van der Waals surface area contributed by atoms with E-state index in [2.05, 4.69) is 6.58 Å². The predicted molar refractivity (Wildman–Crippen MR) is 74.8 cm³/mol. The molecule has 0 radical (unpaired) electrons. The summed E-state index contributed by atoms with van der Waals surface area (Å²) < 4.78 is 10.6. The maximum Gasteiger partial charge on any atom is 0.162 e. The smallest absolute Gasteiger partial charge is 0.162 e. The Morgan fingerprint density at radius 3 is 2.28 bits per heavy atom. The third kappa shape index (κ3) is 3.79. The molecule has 1 rings (SSSR count). The van der Waals surface area contributed by atoms with E-state index >= 15 is 0 Å². The molecule has 1 unspecified atom stereocenters. The predicted octanol–water partition coefficient (Wildman–Crippen LogP) is 0.213. The lowest BCUT2D eigenvalue weighted by molar-refractivity contribution is 0.135. The van der Waals surface area contributed by atoms with E-state index < -0.39 is 5.62 Å². The van der Waals surface area contributed by atoms with Crippen molar-refractivity contribution in [3.05, 3.63) is 35.9 Å². The summed E-state index contributed by atoms with van der Waals surface area (Å²) in [6.07, 6.45) is 2.79. The minimum atomic E-state index is -1.28. The van der Waals surface area contributed by atoms with Gasteiger partial charge in [0.05, 0.1) is 19.8 Å². The quantitative estimate of drug-likeness (QED) is 0.430. The number of allylic oxidation sites excluding steroid dienone is 1. The molecule has 0 spiro atoms. The van der Waals surface area contributed by atoms with E-state index in [0.717, 1.165) is 16.9 Å². The summed E-state index contributed by atoms with van der Waals surface area (Å²) in [6, 6.07) is 3.74. The van der Waals surface area contributed by atoms with E-state index in [1.54, 1.807) is 28.1 Å². The third-order valence-corrected chi connectivity index (χ3v) is 2.60. The average Bonchev–Trinajstić information content (AvgIpc) is 2.28. The summed E-state index contributed by atoms with van der Waals surface area (Å²) in [5.41, 5.74) is 6.15. The van der Waals surface area contributed by atoms with E-state index in [4.69, 9.17) is 15.2 Å². The molecule has 1 aromatic rings. The van der Waals surface area contributed by atoms with Crippen molar-refractivity contribution < 1.29 is 14.6 Å². The fourth-order valence-electron chi connectivity index (χ4n) is 1.86. The van der Waals surface area contributed by atoms with Gasteiger partial charge in [-0.15, -0.1) is 6.58 Å². The summed E-state index contributed by atoms with van der Waals surface area (Å²) in [5, 5.41) is 9.69. The van der Waals surface area contributed by atoms with E-state index in [0.29, 0.717) is 18.6 Å². The molecule has 0 aliphatic carbocycles. The molecule has 0 heterocycles. The Labute approximate surface area is 109 Å². The van der Waals surface area contributed by atoms with Crippen molar-refractivity contribution >= 4 is 7.85 Å².